The van der Waals surface area contributed by atoms with Crippen LogP contribution in [0.15, 0.2) is 36.5 Å². The maximum atomic E-state index is 13.5. The fourth-order valence-corrected chi connectivity index (χ4v) is 4.02. The number of halogens is 1. The van der Waals surface area contributed by atoms with Crippen LogP contribution in [0.3, 0.4) is 0 Å². The SMILES string of the molecule is Cc1cc(C)nc(N2CCC[C@H](C(=O)NCCn3ccc4ccc(F)cc43)C2)n1. The maximum absolute atomic E-state index is 13.5. The zero-order chi connectivity index (χ0) is 20.4. The van der Waals surface area contributed by atoms with Crippen LogP contribution in [-0.2, 0) is 11.3 Å². The van der Waals surface area contributed by atoms with Crippen molar-refractivity contribution >= 4 is 22.8 Å². The van der Waals surface area contributed by atoms with Gasteiger partial charge in [-0.15, -0.1) is 0 Å². The van der Waals surface area contributed by atoms with E-state index in [2.05, 4.69) is 20.2 Å². The second kappa shape index (κ2) is 8.19. The number of hydrogen-bond donors (Lipinski definition) is 1. The number of carbonyl (C=O) groups is 1. The highest BCUT2D eigenvalue weighted by molar-refractivity contribution is 5.80. The first-order valence-electron chi connectivity index (χ1n) is 10.1. The average Bonchev–Trinajstić information content (AvgIpc) is 3.09. The first-order chi connectivity index (χ1) is 14.0. The summed E-state index contributed by atoms with van der Waals surface area (Å²) in [7, 11) is 0. The van der Waals surface area contributed by atoms with E-state index in [-0.39, 0.29) is 17.6 Å². The fraction of sp³-hybridized carbons (Fsp3) is 0.409. The normalized spacial score (nSPS) is 16.9. The number of nitrogens with one attached hydrogen (secondary N) is 1. The number of rotatable bonds is 5. The molecular formula is C22H26FN5O. The van der Waals surface area contributed by atoms with Crippen LogP contribution in [0.1, 0.15) is 24.2 Å². The second-order valence-electron chi connectivity index (χ2n) is 7.74. The van der Waals surface area contributed by atoms with E-state index in [1.54, 1.807) is 6.07 Å². The monoisotopic (exact) mass is 395 g/mol. The van der Waals surface area contributed by atoms with Crippen molar-refractivity contribution in [1.82, 2.24) is 19.9 Å². The number of aryl methyl sites for hydroxylation is 2. The minimum atomic E-state index is -0.252. The molecule has 0 aliphatic carbocycles. The lowest BCUT2D eigenvalue weighted by Gasteiger charge is -2.32. The maximum Gasteiger partial charge on any atom is 0.225 e. The van der Waals surface area contributed by atoms with Crippen LogP contribution in [0.25, 0.3) is 10.9 Å². The van der Waals surface area contributed by atoms with Crippen molar-refractivity contribution in [3.05, 3.63) is 53.7 Å². The molecule has 29 heavy (non-hydrogen) atoms. The van der Waals surface area contributed by atoms with Crippen LogP contribution >= 0.6 is 0 Å². The Balaban J connectivity index is 1.35. The Morgan fingerprint density at radius 3 is 2.79 bits per heavy atom. The zero-order valence-electron chi connectivity index (χ0n) is 16.9. The number of carbonyl (C=O) groups excluding carboxylic acids is 1. The van der Waals surface area contributed by atoms with Crippen molar-refractivity contribution in [2.24, 2.45) is 5.92 Å². The van der Waals surface area contributed by atoms with Crippen molar-refractivity contribution in [3.63, 3.8) is 0 Å². The van der Waals surface area contributed by atoms with Crippen LogP contribution in [0, 0.1) is 25.6 Å². The molecule has 3 heterocycles. The molecule has 2 aromatic heterocycles. The van der Waals surface area contributed by atoms with Gasteiger partial charge in [-0.2, -0.15) is 0 Å². The Labute approximate surface area is 169 Å². The third kappa shape index (κ3) is 4.39. The largest absolute Gasteiger partial charge is 0.354 e. The summed E-state index contributed by atoms with van der Waals surface area (Å²) in [6.45, 7) is 6.54. The molecule has 1 aliphatic heterocycles. The van der Waals surface area contributed by atoms with Crippen LogP contribution in [0.2, 0.25) is 0 Å². The molecule has 0 spiro atoms. The summed E-state index contributed by atoms with van der Waals surface area (Å²) in [5.41, 5.74) is 2.72. The molecule has 1 atom stereocenters. The van der Waals surface area contributed by atoms with Gasteiger partial charge in [0.1, 0.15) is 5.82 Å². The predicted octanol–water partition coefficient (Wildman–Crippen LogP) is 3.22. The van der Waals surface area contributed by atoms with Crippen molar-refractivity contribution in [2.45, 2.75) is 33.2 Å². The van der Waals surface area contributed by atoms with Crippen molar-refractivity contribution < 1.29 is 9.18 Å². The van der Waals surface area contributed by atoms with E-state index in [4.69, 9.17) is 0 Å². The van der Waals surface area contributed by atoms with Gasteiger partial charge < -0.3 is 14.8 Å². The van der Waals surface area contributed by atoms with E-state index in [9.17, 15) is 9.18 Å². The van der Waals surface area contributed by atoms with E-state index >= 15 is 0 Å². The smallest absolute Gasteiger partial charge is 0.225 e. The Kier molecular flexibility index (Phi) is 5.47. The summed E-state index contributed by atoms with van der Waals surface area (Å²) in [6, 6.07) is 8.67. The summed E-state index contributed by atoms with van der Waals surface area (Å²) < 4.78 is 15.5. The van der Waals surface area contributed by atoms with Gasteiger partial charge in [-0.3, -0.25) is 4.79 Å². The molecule has 1 N–H and O–H groups in total. The second-order valence-corrected chi connectivity index (χ2v) is 7.74. The van der Waals surface area contributed by atoms with E-state index in [0.29, 0.717) is 25.6 Å². The van der Waals surface area contributed by atoms with Gasteiger partial charge in [0.2, 0.25) is 11.9 Å². The Morgan fingerprint density at radius 2 is 2.00 bits per heavy atom. The van der Waals surface area contributed by atoms with E-state index in [1.807, 2.05) is 36.7 Å². The van der Waals surface area contributed by atoms with Crippen LogP contribution in [-0.4, -0.2) is 40.1 Å². The molecule has 1 fully saturated rings. The van der Waals surface area contributed by atoms with Gasteiger partial charge in [-0.1, -0.05) is 0 Å². The van der Waals surface area contributed by atoms with Crippen LogP contribution in [0.5, 0.6) is 0 Å². The van der Waals surface area contributed by atoms with Crippen molar-refractivity contribution in [3.8, 4) is 0 Å². The molecule has 1 aromatic carbocycles. The highest BCUT2D eigenvalue weighted by Crippen LogP contribution is 2.21. The highest BCUT2D eigenvalue weighted by atomic mass is 19.1. The minimum Gasteiger partial charge on any atom is -0.354 e. The third-order valence-electron chi connectivity index (χ3n) is 5.43. The van der Waals surface area contributed by atoms with E-state index in [0.717, 1.165) is 41.7 Å². The number of fused-ring (bicyclic) bond motifs is 1. The number of nitrogens with zero attached hydrogens (tertiary/aromatic N) is 4. The number of aromatic nitrogens is 3. The molecular weight excluding hydrogens is 369 g/mol. The molecule has 0 unspecified atom stereocenters. The summed E-state index contributed by atoms with van der Waals surface area (Å²) in [4.78, 5) is 23.9. The molecule has 4 rings (SSSR count). The standard InChI is InChI=1S/C22H26FN5O/c1-15-12-16(2)26-22(25-15)28-9-3-4-18(14-28)21(29)24-8-11-27-10-7-17-5-6-19(23)13-20(17)27/h5-7,10,12-13,18H,3-4,8-9,11,14H2,1-2H3,(H,24,29)/t18-/m0/s1. The molecule has 1 saturated heterocycles. The lowest BCUT2D eigenvalue weighted by atomic mass is 9.97. The van der Waals surface area contributed by atoms with Crippen molar-refractivity contribution in [2.75, 3.05) is 24.5 Å². The third-order valence-corrected chi connectivity index (χ3v) is 5.43. The number of amides is 1. The molecule has 6 nitrogen and oxygen atoms in total. The molecule has 0 bridgehead atoms. The quantitative estimate of drug-likeness (QED) is 0.721. The van der Waals surface area contributed by atoms with Gasteiger partial charge in [0.15, 0.2) is 0 Å². The fourth-order valence-electron chi connectivity index (χ4n) is 4.02. The molecule has 1 aliphatic rings. The molecule has 152 valence electrons. The number of piperidine rings is 1. The lowest BCUT2D eigenvalue weighted by Crippen LogP contribution is -2.44. The van der Waals surface area contributed by atoms with Gasteiger partial charge in [0, 0.05) is 43.8 Å². The van der Waals surface area contributed by atoms with Gasteiger partial charge in [-0.05, 0) is 62.4 Å². The summed E-state index contributed by atoms with van der Waals surface area (Å²) in [5.74, 6) is 0.437. The number of hydrogen-bond acceptors (Lipinski definition) is 4. The van der Waals surface area contributed by atoms with E-state index in [1.165, 1.54) is 12.1 Å². The molecule has 0 radical (unpaired) electrons. The number of benzene rings is 1. The first kappa shape index (κ1) is 19.4. The zero-order valence-corrected chi connectivity index (χ0v) is 16.9. The first-order valence-corrected chi connectivity index (χ1v) is 10.1. The van der Waals surface area contributed by atoms with Crippen molar-refractivity contribution in [1.29, 1.82) is 0 Å². The molecule has 3 aromatic rings. The molecule has 0 saturated carbocycles. The molecule has 1 amide bonds. The minimum absolute atomic E-state index is 0.0571. The summed E-state index contributed by atoms with van der Waals surface area (Å²) >= 11 is 0. The van der Waals surface area contributed by atoms with E-state index < -0.39 is 0 Å². The Morgan fingerprint density at radius 1 is 1.21 bits per heavy atom. The summed E-state index contributed by atoms with van der Waals surface area (Å²) in [5, 5.41) is 4.04. The highest BCUT2D eigenvalue weighted by Gasteiger charge is 2.27. The Hall–Kier alpha value is -2.96. The summed E-state index contributed by atoms with van der Waals surface area (Å²) in [6.07, 6.45) is 3.73. The predicted molar refractivity (Wildman–Crippen MR) is 111 cm³/mol. The van der Waals surface area contributed by atoms with Crippen LogP contribution < -0.4 is 10.2 Å². The topological polar surface area (TPSA) is 63.1 Å². The lowest BCUT2D eigenvalue weighted by molar-refractivity contribution is -0.125. The number of anilines is 1. The van der Waals surface area contributed by atoms with Gasteiger partial charge in [-0.25, -0.2) is 14.4 Å². The van der Waals surface area contributed by atoms with Crippen LogP contribution in [0.4, 0.5) is 10.3 Å². The van der Waals surface area contributed by atoms with Gasteiger partial charge in [0.25, 0.3) is 0 Å². The average molecular weight is 395 g/mol. The molecule has 7 heteroatoms. The Bertz CT molecular complexity index is 1010. The van der Waals surface area contributed by atoms with Gasteiger partial charge >= 0.3 is 0 Å². The van der Waals surface area contributed by atoms with Gasteiger partial charge in [0.05, 0.1) is 11.4 Å².